The van der Waals surface area contributed by atoms with E-state index in [1.807, 2.05) is 0 Å². The van der Waals surface area contributed by atoms with E-state index in [0.717, 1.165) is 44.9 Å². The Balaban J connectivity index is 0. The number of nitrogens with two attached hydrogens (primary N) is 2. The molecule has 0 saturated heterocycles. The van der Waals surface area contributed by atoms with Crippen molar-refractivity contribution in [3.63, 3.8) is 0 Å². The van der Waals surface area contributed by atoms with Gasteiger partial charge in [0.2, 0.25) is 0 Å². The SMILES string of the molecule is CCCCCCC#CCCC(CCCCN)C(=O)O.NCCCCCC(=O)O. The van der Waals surface area contributed by atoms with E-state index in [9.17, 15) is 9.59 Å². The van der Waals surface area contributed by atoms with Gasteiger partial charge in [-0.15, -0.1) is 11.8 Å². The molecule has 0 spiro atoms. The van der Waals surface area contributed by atoms with Crippen molar-refractivity contribution in [3.05, 3.63) is 0 Å². The lowest BCUT2D eigenvalue weighted by atomic mass is 9.97. The fourth-order valence-electron chi connectivity index (χ4n) is 2.59. The minimum atomic E-state index is -0.716. The number of carboxylic acids is 2. The van der Waals surface area contributed by atoms with Crippen LogP contribution in [0.5, 0.6) is 0 Å². The van der Waals surface area contributed by atoms with Gasteiger partial charge in [0.25, 0.3) is 0 Å². The van der Waals surface area contributed by atoms with Gasteiger partial charge in [0.1, 0.15) is 0 Å². The zero-order valence-corrected chi connectivity index (χ0v) is 17.8. The molecular formula is C22H42N2O4. The Morgan fingerprint density at radius 1 is 0.786 bits per heavy atom. The highest BCUT2D eigenvalue weighted by molar-refractivity contribution is 5.69. The van der Waals surface area contributed by atoms with E-state index < -0.39 is 11.9 Å². The second-order valence-corrected chi connectivity index (χ2v) is 7.02. The van der Waals surface area contributed by atoms with E-state index in [1.165, 1.54) is 25.7 Å². The van der Waals surface area contributed by atoms with Crippen molar-refractivity contribution in [2.24, 2.45) is 17.4 Å². The summed E-state index contributed by atoms with van der Waals surface area (Å²) in [6.45, 7) is 3.51. The van der Waals surface area contributed by atoms with Gasteiger partial charge in [-0.1, -0.05) is 39.0 Å². The molecule has 28 heavy (non-hydrogen) atoms. The van der Waals surface area contributed by atoms with Crippen molar-refractivity contribution in [3.8, 4) is 11.8 Å². The van der Waals surface area contributed by atoms with Crippen molar-refractivity contribution < 1.29 is 19.8 Å². The van der Waals surface area contributed by atoms with Crippen LogP contribution in [-0.4, -0.2) is 35.2 Å². The maximum absolute atomic E-state index is 11.1. The second kappa shape index (κ2) is 23.5. The summed E-state index contributed by atoms with van der Waals surface area (Å²) in [6, 6.07) is 0. The lowest BCUT2D eigenvalue weighted by Gasteiger charge is -2.09. The number of rotatable bonds is 16. The predicted octanol–water partition coefficient (Wildman–Crippen LogP) is 4.16. The smallest absolute Gasteiger partial charge is 0.306 e. The summed E-state index contributed by atoms with van der Waals surface area (Å²) in [4.78, 5) is 21.0. The monoisotopic (exact) mass is 398 g/mol. The fourth-order valence-corrected chi connectivity index (χ4v) is 2.59. The average molecular weight is 399 g/mol. The lowest BCUT2D eigenvalue weighted by molar-refractivity contribution is -0.142. The molecule has 1 atom stereocenters. The summed E-state index contributed by atoms with van der Waals surface area (Å²) in [6.07, 6.45) is 12.7. The maximum Gasteiger partial charge on any atom is 0.306 e. The first-order valence-electron chi connectivity index (χ1n) is 10.8. The van der Waals surface area contributed by atoms with E-state index in [1.54, 1.807) is 0 Å². The standard InChI is InChI=1S/C16H29NO2.C6H13NO2/c1-2-3-4-5-6-7-8-9-12-15(16(18)19)13-10-11-14-17;7-5-3-1-2-4-6(8)9/h15H,2-6,9-14,17H2,1H3,(H,18,19);1-5,7H2,(H,8,9). The van der Waals surface area contributed by atoms with Crippen LogP contribution >= 0.6 is 0 Å². The predicted molar refractivity (Wildman–Crippen MR) is 115 cm³/mol. The van der Waals surface area contributed by atoms with Gasteiger partial charge in [0.15, 0.2) is 0 Å². The van der Waals surface area contributed by atoms with Crippen LogP contribution in [0, 0.1) is 17.8 Å². The van der Waals surface area contributed by atoms with Crippen LogP contribution in [0.3, 0.4) is 0 Å². The Labute approximate surface area is 171 Å². The molecule has 0 rings (SSSR count). The summed E-state index contributed by atoms with van der Waals surface area (Å²) < 4.78 is 0. The highest BCUT2D eigenvalue weighted by Gasteiger charge is 2.15. The van der Waals surface area contributed by atoms with Gasteiger partial charge < -0.3 is 21.7 Å². The van der Waals surface area contributed by atoms with Crippen LogP contribution < -0.4 is 11.5 Å². The highest BCUT2D eigenvalue weighted by atomic mass is 16.4. The first kappa shape index (κ1) is 28.6. The summed E-state index contributed by atoms with van der Waals surface area (Å²) in [7, 11) is 0. The zero-order valence-electron chi connectivity index (χ0n) is 17.8. The highest BCUT2D eigenvalue weighted by Crippen LogP contribution is 2.14. The Morgan fingerprint density at radius 3 is 1.96 bits per heavy atom. The summed E-state index contributed by atoms with van der Waals surface area (Å²) in [5.41, 5.74) is 10.6. The Kier molecular flexibility index (Phi) is 24.0. The molecule has 0 aromatic rings. The number of aliphatic carboxylic acids is 2. The number of hydrogen-bond acceptors (Lipinski definition) is 4. The molecule has 164 valence electrons. The molecule has 1 unspecified atom stereocenters. The van der Waals surface area contributed by atoms with Gasteiger partial charge >= 0.3 is 11.9 Å². The molecule has 6 N–H and O–H groups in total. The lowest BCUT2D eigenvalue weighted by Crippen LogP contribution is -2.14. The molecule has 0 aliphatic carbocycles. The van der Waals surface area contributed by atoms with Crippen LogP contribution in [0.15, 0.2) is 0 Å². The Morgan fingerprint density at radius 2 is 1.39 bits per heavy atom. The molecule has 0 radical (unpaired) electrons. The molecule has 0 aromatic heterocycles. The topological polar surface area (TPSA) is 127 Å². The third-order valence-electron chi connectivity index (χ3n) is 4.35. The number of carbonyl (C=O) groups is 2. The molecule has 6 nitrogen and oxygen atoms in total. The maximum atomic E-state index is 11.1. The van der Waals surface area contributed by atoms with Crippen LogP contribution in [0.25, 0.3) is 0 Å². The van der Waals surface area contributed by atoms with Crippen molar-refractivity contribution in [1.82, 2.24) is 0 Å². The summed E-state index contributed by atoms with van der Waals surface area (Å²) in [5.74, 6) is 4.59. The third kappa shape index (κ3) is 24.4. The van der Waals surface area contributed by atoms with E-state index >= 15 is 0 Å². The van der Waals surface area contributed by atoms with Crippen LogP contribution in [0.2, 0.25) is 0 Å². The van der Waals surface area contributed by atoms with E-state index in [-0.39, 0.29) is 12.3 Å². The first-order valence-corrected chi connectivity index (χ1v) is 10.8. The summed E-state index contributed by atoms with van der Waals surface area (Å²) >= 11 is 0. The van der Waals surface area contributed by atoms with E-state index in [2.05, 4.69) is 18.8 Å². The Hall–Kier alpha value is -1.58. The number of carboxylic acid groups (broad SMARTS) is 2. The van der Waals surface area contributed by atoms with E-state index in [0.29, 0.717) is 25.9 Å². The normalized spacial score (nSPS) is 11.0. The van der Waals surface area contributed by atoms with Gasteiger partial charge in [-0.05, 0) is 51.6 Å². The van der Waals surface area contributed by atoms with Crippen LogP contribution in [-0.2, 0) is 9.59 Å². The van der Waals surface area contributed by atoms with Crippen molar-refractivity contribution in [2.45, 2.75) is 96.8 Å². The average Bonchev–Trinajstić information content (AvgIpc) is 2.66. The molecule has 0 bridgehead atoms. The Bertz CT molecular complexity index is 430. The fraction of sp³-hybridized carbons (Fsp3) is 0.818. The van der Waals surface area contributed by atoms with Crippen molar-refractivity contribution >= 4 is 11.9 Å². The molecule has 0 heterocycles. The molecule has 0 aliphatic heterocycles. The number of hydrogen-bond donors (Lipinski definition) is 4. The molecule has 0 fully saturated rings. The largest absolute Gasteiger partial charge is 0.481 e. The number of unbranched alkanes of at least 4 members (excludes halogenated alkanes) is 7. The molecular weight excluding hydrogens is 356 g/mol. The molecule has 0 amide bonds. The molecule has 0 aromatic carbocycles. The molecule has 0 saturated carbocycles. The van der Waals surface area contributed by atoms with Gasteiger partial charge in [0.05, 0.1) is 5.92 Å². The first-order chi connectivity index (χ1) is 13.5. The minimum Gasteiger partial charge on any atom is -0.481 e. The zero-order chi connectivity index (χ0) is 21.5. The van der Waals surface area contributed by atoms with Gasteiger partial charge in [-0.3, -0.25) is 9.59 Å². The van der Waals surface area contributed by atoms with Gasteiger partial charge in [0, 0.05) is 19.3 Å². The van der Waals surface area contributed by atoms with Gasteiger partial charge in [-0.2, -0.15) is 0 Å². The van der Waals surface area contributed by atoms with E-state index in [4.69, 9.17) is 21.7 Å². The van der Waals surface area contributed by atoms with Crippen molar-refractivity contribution in [2.75, 3.05) is 13.1 Å². The molecule has 6 heteroatoms. The quantitative estimate of drug-likeness (QED) is 0.228. The second-order valence-electron chi connectivity index (χ2n) is 7.02. The molecule has 0 aliphatic rings. The van der Waals surface area contributed by atoms with Crippen LogP contribution in [0.1, 0.15) is 96.8 Å². The van der Waals surface area contributed by atoms with Crippen molar-refractivity contribution in [1.29, 1.82) is 0 Å². The third-order valence-corrected chi connectivity index (χ3v) is 4.35. The summed E-state index contributed by atoms with van der Waals surface area (Å²) in [5, 5.41) is 17.3. The van der Waals surface area contributed by atoms with Gasteiger partial charge in [-0.25, -0.2) is 0 Å². The minimum absolute atomic E-state index is 0.249. The van der Waals surface area contributed by atoms with Crippen LogP contribution in [0.4, 0.5) is 0 Å².